The summed E-state index contributed by atoms with van der Waals surface area (Å²) < 4.78 is 1.29. The van der Waals surface area contributed by atoms with Gasteiger partial charge in [0.05, 0.1) is 0 Å². The molecule has 118 valence electrons. The van der Waals surface area contributed by atoms with Crippen molar-refractivity contribution in [2.75, 3.05) is 4.43 Å². The van der Waals surface area contributed by atoms with Gasteiger partial charge >= 0.3 is 0 Å². The lowest BCUT2D eigenvalue weighted by Crippen LogP contribution is -2.20. The summed E-state index contributed by atoms with van der Waals surface area (Å²) >= 11 is 2.35. The Labute approximate surface area is 154 Å². The zero-order chi connectivity index (χ0) is 16.3. The lowest BCUT2D eigenvalue weighted by atomic mass is 10.4. The maximum atomic E-state index is 2.35. The van der Waals surface area contributed by atoms with Crippen LogP contribution in [0.1, 0.15) is 13.3 Å². The molecule has 23 heavy (non-hydrogen) atoms. The van der Waals surface area contributed by atoms with E-state index in [1.165, 1.54) is 26.8 Å². The molecule has 0 radical (unpaired) electrons. The van der Waals surface area contributed by atoms with Gasteiger partial charge in [0.15, 0.2) is 0 Å². The number of hydrogen-bond acceptors (Lipinski definition) is 0. The van der Waals surface area contributed by atoms with Crippen molar-refractivity contribution in [3.63, 3.8) is 0 Å². The van der Waals surface area contributed by atoms with Crippen LogP contribution in [0.15, 0.2) is 91.0 Å². The van der Waals surface area contributed by atoms with Crippen LogP contribution in [0.3, 0.4) is 0 Å². The summed E-state index contributed by atoms with van der Waals surface area (Å²) in [5.74, 6) is 0. The van der Waals surface area contributed by atoms with Gasteiger partial charge in [0.1, 0.15) is 0 Å². The average molecular weight is 432 g/mol. The number of benzene rings is 3. The zero-order valence-electron chi connectivity index (χ0n) is 13.4. The Morgan fingerprint density at radius 1 is 0.609 bits per heavy atom. The van der Waals surface area contributed by atoms with Crippen LogP contribution in [0.4, 0.5) is 0 Å². The van der Waals surface area contributed by atoms with Crippen LogP contribution < -0.4 is 15.9 Å². The van der Waals surface area contributed by atoms with Crippen LogP contribution in [0.5, 0.6) is 0 Å². The lowest BCUT2D eigenvalue weighted by molar-refractivity contribution is 1.13. The third kappa shape index (κ3) is 5.75. The van der Waals surface area contributed by atoms with Crippen molar-refractivity contribution in [3.05, 3.63) is 91.0 Å². The Hall–Kier alpha value is -1.18. The molecule has 0 N–H and O–H groups in total. The van der Waals surface area contributed by atoms with Crippen LogP contribution in [-0.2, 0) is 0 Å². The molecule has 0 bridgehead atoms. The van der Waals surface area contributed by atoms with Gasteiger partial charge in [-0.3, -0.25) is 0 Å². The SMILES string of the molecule is CCCI.c1ccc(P(c2ccccc2)c2ccccc2)cc1. The van der Waals surface area contributed by atoms with E-state index in [1.807, 2.05) is 0 Å². The second-order valence-corrected chi connectivity index (χ2v) is 8.33. The van der Waals surface area contributed by atoms with E-state index in [0.29, 0.717) is 0 Å². The van der Waals surface area contributed by atoms with Crippen molar-refractivity contribution < 1.29 is 0 Å². The summed E-state index contributed by atoms with van der Waals surface area (Å²) in [4.78, 5) is 0. The quantitative estimate of drug-likeness (QED) is 0.299. The highest BCUT2D eigenvalue weighted by atomic mass is 127. The predicted octanol–water partition coefficient (Wildman–Crippen LogP) is 5.28. The molecule has 0 fully saturated rings. The highest BCUT2D eigenvalue weighted by Gasteiger charge is 2.14. The van der Waals surface area contributed by atoms with E-state index in [9.17, 15) is 0 Å². The van der Waals surface area contributed by atoms with E-state index >= 15 is 0 Å². The Bertz CT molecular complexity index is 557. The maximum Gasteiger partial charge on any atom is -0.000735 e. The zero-order valence-corrected chi connectivity index (χ0v) is 16.5. The van der Waals surface area contributed by atoms with Gasteiger partial charge < -0.3 is 0 Å². The molecule has 0 spiro atoms. The minimum atomic E-state index is -0.446. The lowest BCUT2D eigenvalue weighted by Gasteiger charge is -2.18. The minimum absolute atomic E-state index is 0.446. The molecular weight excluding hydrogens is 410 g/mol. The summed E-state index contributed by atoms with van der Waals surface area (Å²) in [6.07, 6.45) is 1.31. The standard InChI is InChI=1S/C18H15P.C3H7I/c1-4-10-16(11-5-1)19(17-12-6-2-7-13-17)18-14-8-3-9-15-18;1-2-3-4/h1-15H;2-3H2,1H3. The number of rotatable bonds is 4. The van der Waals surface area contributed by atoms with Crippen LogP contribution in [0.2, 0.25) is 0 Å². The number of hydrogen-bond donors (Lipinski definition) is 0. The third-order valence-corrected chi connectivity index (χ3v) is 6.75. The van der Waals surface area contributed by atoms with Crippen molar-refractivity contribution in [1.82, 2.24) is 0 Å². The molecule has 0 saturated carbocycles. The molecule has 0 aliphatic rings. The molecule has 0 unspecified atom stereocenters. The third-order valence-electron chi connectivity index (χ3n) is 3.23. The predicted molar refractivity (Wildman–Crippen MR) is 114 cm³/mol. The molecule has 0 aliphatic heterocycles. The Kier molecular flexibility index (Phi) is 8.35. The van der Waals surface area contributed by atoms with E-state index in [-0.39, 0.29) is 0 Å². The van der Waals surface area contributed by atoms with Crippen molar-refractivity contribution in [2.45, 2.75) is 13.3 Å². The summed E-state index contributed by atoms with van der Waals surface area (Å²) in [5, 5.41) is 4.19. The molecule has 0 saturated heterocycles. The molecule has 0 aromatic heterocycles. The molecule has 0 amide bonds. The van der Waals surface area contributed by atoms with Gasteiger partial charge in [0.2, 0.25) is 0 Å². The fourth-order valence-electron chi connectivity index (χ4n) is 2.18. The molecule has 3 aromatic rings. The van der Waals surface area contributed by atoms with Gasteiger partial charge in [-0.2, -0.15) is 0 Å². The maximum absolute atomic E-state index is 2.35. The van der Waals surface area contributed by atoms with Crippen molar-refractivity contribution in [3.8, 4) is 0 Å². The minimum Gasteiger partial charge on any atom is -0.0864 e. The topological polar surface area (TPSA) is 0 Å². The first-order valence-electron chi connectivity index (χ1n) is 7.88. The highest BCUT2D eigenvalue weighted by Crippen LogP contribution is 2.32. The first-order valence-corrected chi connectivity index (χ1v) is 10.7. The molecular formula is C21H22IP. The fraction of sp³-hybridized carbons (Fsp3) is 0.143. The van der Waals surface area contributed by atoms with Gasteiger partial charge in [-0.15, -0.1) is 0 Å². The van der Waals surface area contributed by atoms with Gasteiger partial charge in [-0.05, 0) is 34.7 Å². The molecule has 2 heteroatoms. The Morgan fingerprint density at radius 3 is 1.09 bits per heavy atom. The first kappa shape index (κ1) is 18.2. The monoisotopic (exact) mass is 432 g/mol. The molecule has 0 nitrogen and oxygen atoms in total. The van der Waals surface area contributed by atoms with E-state index in [2.05, 4.69) is 121 Å². The van der Waals surface area contributed by atoms with Crippen LogP contribution in [0.25, 0.3) is 0 Å². The number of halogens is 1. The van der Waals surface area contributed by atoms with Crippen LogP contribution in [0, 0.1) is 0 Å². The van der Waals surface area contributed by atoms with Crippen LogP contribution >= 0.6 is 30.5 Å². The van der Waals surface area contributed by atoms with Crippen molar-refractivity contribution in [1.29, 1.82) is 0 Å². The molecule has 0 atom stereocenters. The number of alkyl halides is 1. The molecule has 3 aromatic carbocycles. The van der Waals surface area contributed by atoms with E-state index in [1.54, 1.807) is 0 Å². The van der Waals surface area contributed by atoms with E-state index in [0.717, 1.165) is 0 Å². The highest BCUT2D eigenvalue weighted by molar-refractivity contribution is 14.1. The summed E-state index contributed by atoms with van der Waals surface area (Å²) in [7, 11) is -0.446. The summed E-state index contributed by atoms with van der Waals surface area (Å²) in [6.45, 7) is 2.17. The van der Waals surface area contributed by atoms with Gasteiger partial charge in [0, 0.05) is 0 Å². The summed E-state index contributed by atoms with van der Waals surface area (Å²) in [5.41, 5.74) is 0. The molecule has 0 heterocycles. The average Bonchev–Trinajstić information content (AvgIpc) is 2.65. The Balaban J connectivity index is 0.000000433. The van der Waals surface area contributed by atoms with Crippen molar-refractivity contribution >= 4 is 46.4 Å². The van der Waals surface area contributed by atoms with Gasteiger partial charge in [-0.25, -0.2) is 0 Å². The first-order chi connectivity index (χ1) is 11.4. The second kappa shape index (κ2) is 10.6. The Morgan fingerprint density at radius 2 is 0.870 bits per heavy atom. The molecule has 3 rings (SSSR count). The normalized spacial score (nSPS) is 10.0. The van der Waals surface area contributed by atoms with Crippen molar-refractivity contribution in [2.24, 2.45) is 0 Å². The van der Waals surface area contributed by atoms with Crippen LogP contribution in [-0.4, -0.2) is 4.43 Å². The second-order valence-electron chi connectivity index (χ2n) is 5.03. The molecule has 0 aliphatic carbocycles. The summed E-state index contributed by atoms with van der Waals surface area (Å²) in [6, 6.07) is 32.3. The smallest absolute Gasteiger partial charge is 0.000735 e. The fourth-order valence-corrected chi connectivity index (χ4v) is 4.48. The largest absolute Gasteiger partial charge is 0.0864 e. The van der Waals surface area contributed by atoms with Gasteiger partial charge in [0.25, 0.3) is 0 Å². The van der Waals surface area contributed by atoms with E-state index in [4.69, 9.17) is 0 Å². The van der Waals surface area contributed by atoms with E-state index < -0.39 is 7.92 Å². The van der Waals surface area contributed by atoms with Gasteiger partial charge in [-0.1, -0.05) is 121 Å².